The van der Waals surface area contributed by atoms with Crippen molar-refractivity contribution in [1.82, 2.24) is 10.2 Å². The quantitative estimate of drug-likeness (QED) is 0.817. The third-order valence-electron chi connectivity index (χ3n) is 3.78. The molecule has 1 atom stereocenters. The highest BCUT2D eigenvalue weighted by molar-refractivity contribution is 5.89. The van der Waals surface area contributed by atoms with E-state index in [9.17, 15) is 14.0 Å². The SMILES string of the molecule is COCCN1CC(C(=O)NCCc2ccc(F)cc2)CC1=O. The highest BCUT2D eigenvalue weighted by Gasteiger charge is 2.33. The minimum absolute atomic E-state index is 0.00395. The van der Waals surface area contributed by atoms with Crippen LogP contribution in [0.25, 0.3) is 0 Å². The predicted molar refractivity (Wildman–Crippen MR) is 79.7 cm³/mol. The number of halogens is 1. The summed E-state index contributed by atoms with van der Waals surface area (Å²) in [5.74, 6) is -0.669. The van der Waals surface area contributed by atoms with Crippen LogP contribution < -0.4 is 5.32 Å². The van der Waals surface area contributed by atoms with Gasteiger partial charge in [0.05, 0.1) is 12.5 Å². The Hall–Kier alpha value is -1.95. The van der Waals surface area contributed by atoms with Crippen molar-refractivity contribution < 1.29 is 18.7 Å². The Balaban J connectivity index is 1.73. The summed E-state index contributed by atoms with van der Waals surface area (Å²) in [6, 6.07) is 6.21. The Kier molecular flexibility index (Phi) is 5.89. The second kappa shape index (κ2) is 7.89. The highest BCUT2D eigenvalue weighted by atomic mass is 19.1. The summed E-state index contributed by atoms with van der Waals surface area (Å²) in [6.07, 6.45) is 0.895. The lowest BCUT2D eigenvalue weighted by atomic mass is 10.1. The molecule has 1 aliphatic heterocycles. The summed E-state index contributed by atoms with van der Waals surface area (Å²) in [4.78, 5) is 25.5. The van der Waals surface area contributed by atoms with Gasteiger partial charge in [-0.3, -0.25) is 9.59 Å². The third kappa shape index (κ3) is 4.53. The maximum atomic E-state index is 12.8. The standard InChI is InChI=1S/C16H21FN2O3/c1-22-9-8-19-11-13(10-15(19)20)16(21)18-7-6-12-2-4-14(17)5-3-12/h2-5,13H,6-11H2,1H3,(H,18,21). The molecule has 120 valence electrons. The molecule has 5 nitrogen and oxygen atoms in total. The van der Waals surface area contributed by atoms with Crippen LogP contribution in [0, 0.1) is 11.7 Å². The van der Waals surface area contributed by atoms with E-state index >= 15 is 0 Å². The van der Waals surface area contributed by atoms with Crippen LogP contribution in [0.1, 0.15) is 12.0 Å². The van der Waals surface area contributed by atoms with Gasteiger partial charge in [0.15, 0.2) is 0 Å². The summed E-state index contributed by atoms with van der Waals surface area (Å²) < 4.78 is 17.7. The first-order chi connectivity index (χ1) is 10.6. The molecule has 0 bridgehead atoms. The van der Waals surface area contributed by atoms with Crippen molar-refractivity contribution in [1.29, 1.82) is 0 Å². The summed E-state index contributed by atoms with van der Waals surface area (Å²) in [5, 5.41) is 2.84. The van der Waals surface area contributed by atoms with Crippen molar-refractivity contribution in [2.24, 2.45) is 5.92 Å². The van der Waals surface area contributed by atoms with E-state index in [0.29, 0.717) is 32.7 Å². The summed E-state index contributed by atoms with van der Waals surface area (Å²) in [6.45, 7) is 1.93. The van der Waals surface area contributed by atoms with Gasteiger partial charge < -0.3 is 15.0 Å². The first-order valence-corrected chi connectivity index (χ1v) is 7.39. The van der Waals surface area contributed by atoms with E-state index < -0.39 is 0 Å². The Bertz CT molecular complexity index is 519. The second-order valence-electron chi connectivity index (χ2n) is 5.40. The Morgan fingerprint density at radius 3 is 2.82 bits per heavy atom. The van der Waals surface area contributed by atoms with Crippen LogP contribution in [0.3, 0.4) is 0 Å². The van der Waals surface area contributed by atoms with Gasteiger partial charge in [-0.15, -0.1) is 0 Å². The number of carbonyl (C=O) groups is 2. The summed E-state index contributed by atoms with van der Waals surface area (Å²) in [7, 11) is 1.58. The molecule has 0 aliphatic carbocycles. The normalized spacial score (nSPS) is 17.8. The first kappa shape index (κ1) is 16.4. The molecule has 1 unspecified atom stereocenters. The van der Waals surface area contributed by atoms with Crippen molar-refractivity contribution in [2.45, 2.75) is 12.8 Å². The summed E-state index contributed by atoms with van der Waals surface area (Å²) >= 11 is 0. The van der Waals surface area contributed by atoms with Gasteiger partial charge in [-0.1, -0.05) is 12.1 Å². The molecule has 1 heterocycles. The van der Waals surface area contributed by atoms with E-state index in [1.165, 1.54) is 12.1 Å². The number of nitrogens with zero attached hydrogens (tertiary/aromatic N) is 1. The van der Waals surface area contributed by atoms with Gasteiger partial charge in [-0.05, 0) is 24.1 Å². The van der Waals surface area contributed by atoms with Crippen LogP contribution >= 0.6 is 0 Å². The van der Waals surface area contributed by atoms with E-state index in [1.54, 1.807) is 24.1 Å². The van der Waals surface area contributed by atoms with Crippen LogP contribution in [0.4, 0.5) is 4.39 Å². The molecule has 2 amide bonds. The number of amides is 2. The van der Waals surface area contributed by atoms with Gasteiger partial charge in [0.1, 0.15) is 5.82 Å². The van der Waals surface area contributed by atoms with Crippen molar-refractivity contribution in [3.63, 3.8) is 0 Å². The molecule has 0 spiro atoms. The molecule has 1 fully saturated rings. The largest absolute Gasteiger partial charge is 0.383 e. The van der Waals surface area contributed by atoms with Crippen LogP contribution in [-0.4, -0.2) is 50.1 Å². The van der Waals surface area contributed by atoms with Crippen LogP contribution in [-0.2, 0) is 20.7 Å². The molecular weight excluding hydrogens is 287 g/mol. The fourth-order valence-electron chi connectivity index (χ4n) is 2.49. The van der Waals surface area contributed by atoms with Crippen molar-refractivity contribution in [3.05, 3.63) is 35.6 Å². The number of hydrogen-bond acceptors (Lipinski definition) is 3. The zero-order chi connectivity index (χ0) is 15.9. The molecule has 0 radical (unpaired) electrons. The zero-order valence-electron chi connectivity index (χ0n) is 12.7. The number of ether oxygens (including phenoxy) is 1. The maximum Gasteiger partial charge on any atom is 0.225 e. The predicted octanol–water partition coefficient (Wildman–Crippen LogP) is 0.979. The Labute approximate surface area is 129 Å². The minimum atomic E-state index is -0.294. The summed E-state index contributed by atoms with van der Waals surface area (Å²) in [5.41, 5.74) is 0.964. The molecule has 1 N–H and O–H groups in total. The molecule has 2 rings (SSSR count). The fourth-order valence-corrected chi connectivity index (χ4v) is 2.49. The van der Waals surface area contributed by atoms with Gasteiger partial charge in [0.25, 0.3) is 0 Å². The topological polar surface area (TPSA) is 58.6 Å². The van der Waals surface area contributed by atoms with Gasteiger partial charge in [-0.2, -0.15) is 0 Å². The lowest BCUT2D eigenvalue weighted by molar-refractivity contribution is -0.129. The molecule has 0 aromatic heterocycles. The number of likely N-dealkylation sites (tertiary alicyclic amines) is 1. The van der Waals surface area contributed by atoms with Gasteiger partial charge in [0, 0.05) is 33.2 Å². The molecule has 1 saturated heterocycles. The van der Waals surface area contributed by atoms with E-state index in [-0.39, 0.29) is 30.0 Å². The average Bonchev–Trinajstić information content (AvgIpc) is 2.88. The van der Waals surface area contributed by atoms with E-state index in [4.69, 9.17) is 4.74 Å². The third-order valence-corrected chi connectivity index (χ3v) is 3.78. The molecular formula is C16H21FN2O3. The molecule has 1 aromatic rings. The van der Waals surface area contributed by atoms with E-state index in [2.05, 4.69) is 5.32 Å². The van der Waals surface area contributed by atoms with Crippen molar-refractivity contribution in [3.8, 4) is 0 Å². The van der Waals surface area contributed by atoms with E-state index in [1.807, 2.05) is 0 Å². The van der Waals surface area contributed by atoms with E-state index in [0.717, 1.165) is 5.56 Å². The molecule has 6 heteroatoms. The van der Waals surface area contributed by atoms with Crippen molar-refractivity contribution >= 4 is 11.8 Å². The fraction of sp³-hybridized carbons (Fsp3) is 0.500. The maximum absolute atomic E-state index is 12.8. The van der Waals surface area contributed by atoms with Crippen molar-refractivity contribution in [2.75, 3.05) is 33.4 Å². The number of rotatable bonds is 7. The van der Waals surface area contributed by atoms with Crippen LogP contribution in [0.5, 0.6) is 0 Å². The minimum Gasteiger partial charge on any atom is -0.383 e. The van der Waals surface area contributed by atoms with Gasteiger partial charge >= 0.3 is 0 Å². The molecule has 22 heavy (non-hydrogen) atoms. The number of nitrogens with one attached hydrogen (secondary N) is 1. The number of hydrogen-bond donors (Lipinski definition) is 1. The van der Waals surface area contributed by atoms with Crippen LogP contribution in [0.2, 0.25) is 0 Å². The number of benzene rings is 1. The number of methoxy groups -OCH3 is 1. The molecule has 1 aliphatic rings. The van der Waals surface area contributed by atoms with Gasteiger partial charge in [0.2, 0.25) is 11.8 Å². The molecule has 0 saturated carbocycles. The zero-order valence-corrected chi connectivity index (χ0v) is 12.7. The monoisotopic (exact) mass is 308 g/mol. The second-order valence-corrected chi connectivity index (χ2v) is 5.40. The molecule has 1 aromatic carbocycles. The Morgan fingerprint density at radius 2 is 2.14 bits per heavy atom. The lowest BCUT2D eigenvalue weighted by Gasteiger charge is -2.15. The van der Waals surface area contributed by atoms with Crippen LogP contribution in [0.15, 0.2) is 24.3 Å². The lowest BCUT2D eigenvalue weighted by Crippen LogP contribution is -2.34. The highest BCUT2D eigenvalue weighted by Crippen LogP contribution is 2.17. The number of carbonyl (C=O) groups excluding carboxylic acids is 2. The Morgan fingerprint density at radius 1 is 1.41 bits per heavy atom. The smallest absolute Gasteiger partial charge is 0.225 e. The average molecular weight is 308 g/mol. The van der Waals surface area contributed by atoms with Gasteiger partial charge in [-0.25, -0.2) is 4.39 Å². The first-order valence-electron chi connectivity index (χ1n) is 7.39.